The molecule has 0 spiro atoms. The molecule has 0 aromatic heterocycles. The molecule has 0 heterocycles. The molecular weight excluding hydrogens is 250 g/mol. The van der Waals surface area contributed by atoms with E-state index in [1.165, 1.54) is 0 Å². The summed E-state index contributed by atoms with van der Waals surface area (Å²) >= 11 is 5.53. The molecule has 0 atom stereocenters. The Kier molecular flexibility index (Phi) is 5.99. The first-order chi connectivity index (χ1) is 8.56. The number of carbonyl (C=O) groups is 1. The second-order valence-corrected chi connectivity index (χ2v) is 4.70. The van der Waals surface area contributed by atoms with E-state index in [2.05, 4.69) is 0 Å². The summed E-state index contributed by atoms with van der Waals surface area (Å²) in [4.78, 5) is 13.2. The number of hydrogen-bond donors (Lipinski definition) is 0. The van der Waals surface area contributed by atoms with E-state index >= 15 is 0 Å². The minimum absolute atomic E-state index is 0.0510. The SMILES string of the molecule is Cc1cccc(C)c1OCCN(C)C(=O)CCCl. The monoisotopic (exact) mass is 269 g/mol. The summed E-state index contributed by atoms with van der Waals surface area (Å²) in [6.45, 7) is 5.11. The van der Waals surface area contributed by atoms with Crippen molar-refractivity contribution in [3.8, 4) is 5.75 Å². The van der Waals surface area contributed by atoms with E-state index in [1.807, 2.05) is 32.0 Å². The van der Waals surface area contributed by atoms with E-state index in [-0.39, 0.29) is 5.91 Å². The Balaban J connectivity index is 2.44. The van der Waals surface area contributed by atoms with Crippen molar-refractivity contribution in [3.05, 3.63) is 29.3 Å². The topological polar surface area (TPSA) is 29.5 Å². The van der Waals surface area contributed by atoms with Crippen LogP contribution in [0.1, 0.15) is 17.5 Å². The maximum Gasteiger partial charge on any atom is 0.223 e. The molecule has 1 amide bonds. The lowest BCUT2D eigenvalue weighted by molar-refractivity contribution is -0.129. The molecule has 0 aliphatic rings. The number of likely N-dealkylation sites (N-methyl/N-ethyl adjacent to an activating group) is 1. The van der Waals surface area contributed by atoms with Crippen LogP contribution in [0.3, 0.4) is 0 Å². The number of nitrogens with zero attached hydrogens (tertiary/aromatic N) is 1. The van der Waals surface area contributed by atoms with Crippen molar-refractivity contribution in [2.45, 2.75) is 20.3 Å². The van der Waals surface area contributed by atoms with Gasteiger partial charge in [-0.15, -0.1) is 11.6 Å². The number of alkyl halides is 1. The first kappa shape index (κ1) is 14.8. The quantitative estimate of drug-likeness (QED) is 0.743. The second-order valence-electron chi connectivity index (χ2n) is 4.32. The van der Waals surface area contributed by atoms with Crippen LogP contribution in [-0.4, -0.2) is 36.9 Å². The van der Waals surface area contributed by atoms with Gasteiger partial charge in [-0.25, -0.2) is 0 Å². The number of aryl methyl sites for hydroxylation is 2. The fourth-order valence-corrected chi connectivity index (χ4v) is 1.87. The van der Waals surface area contributed by atoms with E-state index in [0.717, 1.165) is 16.9 Å². The average molecular weight is 270 g/mol. The fraction of sp³-hybridized carbons (Fsp3) is 0.500. The summed E-state index contributed by atoms with van der Waals surface area (Å²) in [6.07, 6.45) is 0.376. The van der Waals surface area contributed by atoms with Crippen LogP contribution in [-0.2, 0) is 4.79 Å². The summed E-state index contributed by atoms with van der Waals surface area (Å²) in [6, 6.07) is 6.04. The van der Waals surface area contributed by atoms with Crippen molar-refractivity contribution >= 4 is 17.5 Å². The molecule has 0 aliphatic carbocycles. The minimum Gasteiger partial charge on any atom is -0.491 e. The van der Waals surface area contributed by atoms with E-state index < -0.39 is 0 Å². The summed E-state index contributed by atoms with van der Waals surface area (Å²) in [5.74, 6) is 1.33. The lowest BCUT2D eigenvalue weighted by Crippen LogP contribution is -2.31. The molecule has 1 rings (SSSR count). The molecule has 1 aromatic carbocycles. The van der Waals surface area contributed by atoms with Gasteiger partial charge in [-0.05, 0) is 25.0 Å². The lowest BCUT2D eigenvalue weighted by Gasteiger charge is -2.18. The normalized spacial score (nSPS) is 10.2. The number of ether oxygens (including phenoxy) is 1. The van der Waals surface area contributed by atoms with Crippen LogP contribution in [0.15, 0.2) is 18.2 Å². The third kappa shape index (κ3) is 4.22. The van der Waals surface area contributed by atoms with Crippen LogP contribution < -0.4 is 4.74 Å². The molecule has 0 N–H and O–H groups in total. The zero-order valence-electron chi connectivity index (χ0n) is 11.2. The maximum absolute atomic E-state index is 11.5. The highest BCUT2D eigenvalue weighted by Crippen LogP contribution is 2.22. The molecule has 0 bridgehead atoms. The molecule has 0 fully saturated rings. The largest absolute Gasteiger partial charge is 0.491 e. The summed E-state index contributed by atoms with van der Waals surface area (Å²) in [5.41, 5.74) is 2.23. The van der Waals surface area contributed by atoms with E-state index in [9.17, 15) is 4.79 Å². The van der Waals surface area contributed by atoms with Crippen molar-refractivity contribution < 1.29 is 9.53 Å². The highest BCUT2D eigenvalue weighted by atomic mass is 35.5. The van der Waals surface area contributed by atoms with E-state index in [4.69, 9.17) is 16.3 Å². The highest BCUT2D eigenvalue weighted by molar-refractivity contribution is 6.18. The van der Waals surface area contributed by atoms with E-state index in [0.29, 0.717) is 25.5 Å². The fourth-order valence-electron chi connectivity index (χ4n) is 1.71. The zero-order valence-corrected chi connectivity index (χ0v) is 12.0. The molecular formula is C14H20ClNO2. The van der Waals surface area contributed by atoms with Gasteiger partial charge in [0.15, 0.2) is 0 Å². The Morgan fingerprint density at radius 2 is 1.94 bits per heavy atom. The molecule has 0 radical (unpaired) electrons. The molecule has 0 aliphatic heterocycles. The highest BCUT2D eigenvalue weighted by Gasteiger charge is 2.08. The molecule has 1 aromatic rings. The summed E-state index contributed by atoms with van der Waals surface area (Å²) in [5, 5.41) is 0. The number of halogens is 1. The molecule has 0 saturated carbocycles. The first-order valence-corrected chi connectivity index (χ1v) is 6.58. The second kappa shape index (κ2) is 7.27. The van der Waals surface area contributed by atoms with Crippen LogP contribution in [0.25, 0.3) is 0 Å². The van der Waals surface area contributed by atoms with Gasteiger partial charge in [-0.2, -0.15) is 0 Å². The predicted molar refractivity (Wildman–Crippen MR) is 74.4 cm³/mol. The van der Waals surface area contributed by atoms with Crippen molar-refractivity contribution in [1.29, 1.82) is 0 Å². The van der Waals surface area contributed by atoms with Crippen LogP contribution in [0, 0.1) is 13.8 Å². The number of benzene rings is 1. The van der Waals surface area contributed by atoms with Crippen LogP contribution in [0.4, 0.5) is 0 Å². The van der Waals surface area contributed by atoms with Gasteiger partial charge in [-0.1, -0.05) is 18.2 Å². The molecule has 4 heteroatoms. The number of carbonyl (C=O) groups excluding carboxylic acids is 1. The molecule has 100 valence electrons. The van der Waals surface area contributed by atoms with Gasteiger partial charge < -0.3 is 9.64 Å². The lowest BCUT2D eigenvalue weighted by atomic mass is 10.1. The number of hydrogen-bond acceptors (Lipinski definition) is 2. The molecule has 0 saturated heterocycles. The van der Waals surface area contributed by atoms with Gasteiger partial charge in [0.05, 0.1) is 6.54 Å². The standard InChI is InChI=1S/C14H20ClNO2/c1-11-5-4-6-12(2)14(11)18-10-9-16(3)13(17)7-8-15/h4-6H,7-10H2,1-3H3. The Morgan fingerprint density at radius 1 is 1.33 bits per heavy atom. The van der Waals surface area contributed by atoms with Crippen molar-refractivity contribution in [1.82, 2.24) is 4.90 Å². The Morgan fingerprint density at radius 3 is 2.50 bits per heavy atom. The third-order valence-corrected chi connectivity index (χ3v) is 3.00. The Hall–Kier alpha value is -1.22. The van der Waals surface area contributed by atoms with E-state index in [1.54, 1.807) is 11.9 Å². The van der Waals surface area contributed by atoms with Gasteiger partial charge in [0.1, 0.15) is 12.4 Å². The first-order valence-electron chi connectivity index (χ1n) is 6.05. The van der Waals surface area contributed by atoms with Gasteiger partial charge in [0, 0.05) is 19.3 Å². The number of para-hydroxylation sites is 1. The Labute approximate surface area is 114 Å². The maximum atomic E-state index is 11.5. The van der Waals surface area contributed by atoms with Crippen molar-refractivity contribution in [2.75, 3.05) is 26.1 Å². The Bertz CT molecular complexity index is 387. The van der Waals surface area contributed by atoms with Gasteiger partial charge in [-0.3, -0.25) is 4.79 Å². The van der Waals surface area contributed by atoms with Crippen molar-refractivity contribution in [3.63, 3.8) is 0 Å². The van der Waals surface area contributed by atoms with Gasteiger partial charge in [0.25, 0.3) is 0 Å². The van der Waals surface area contributed by atoms with Crippen LogP contribution >= 0.6 is 11.6 Å². The van der Waals surface area contributed by atoms with Gasteiger partial charge >= 0.3 is 0 Å². The zero-order chi connectivity index (χ0) is 13.5. The summed E-state index contributed by atoms with van der Waals surface area (Å²) in [7, 11) is 1.77. The number of rotatable bonds is 6. The molecule has 0 unspecified atom stereocenters. The smallest absolute Gasteiger partial charge is 0.223 e. The minimum atomic E-state index is 0.0510. The number of amides is 1. The molecule has 3 nitrogen and oxygen atoms in total. The van der Waals surface area contributed by atoms with Crippen LogP contribution in [0.5, 0.6) is 5.75 Å². The summed E-state index contributed by atoms with van der Waals surface area (Å²) < 4.78 is 5.74. The predicted octanol–water partition coefficient (Wildman–Crippen LogP) is 2.77. The average Bonchev–Trinajstić information content (AvgIpc) is 2.33. The third-order valence-electron chi connectivity index (χ3n) is 2.82. The van der Waals surface area contributed by atoms with Crippen LogP contribution in [0.2, 0.25) is 0 Å². The molecule has 18 heavy (non-hydrogen) atoms. The van der Waals surface area contributed by atoms with Crippen molar-refractivity contribution in [2.24, 2.45) is 0 Å². The van der Waals surface area contributed by atoms with Gasteiger partial charge in [0.2, 0.25) is 5.91 Å².